The van der Waals surface area contributed by atoms with E-state index in [4.69, 9.17) is 0 Å². The fraction of sp³-hybridized carbons (Fsp3) is 0.800. The number of urea groups is 1. The fourth-order valence-electron chi connectivity index (χ4n) is 1.48. The number of nitrogens with one attached hydrogen (secondary N) is 1. The molecule has 1 rings (SSSR count). The van der Waals surface area contributed by atoms with Crippen LogP contribution in [0.3, 0.4) is 0 Å². The van der Waals surface area contributed by atoms with Gasteiger partial charge in [0.15, 0.2) is 0 Å². The monoisotopic (exact) mass is 268 g/mol. The van der Waals surface area contributed by atoms with Crippen molar-refractivity contribution in [2.75, 3.05) is 6.54 Å². The minimum atomic E-state index is -4.86. The van der Waals surface area contributed by atoms with Crippen molar-refractivity contribution >= 4 is 11.9 Å². The van der Waals surface area contributed by atoms with Crippen LogP contribution in [0.4, 0.5) is 18.0 Å². The second-order valence-electron chi connectivity index (χ2n) is 5.07. The third-order valence-electron chi connectivity index (χ3n) is 2.79. The van der Waals surface area contributed by atoms with Crippen molar-refractivity contribution in [1.29, 1.82) is 0 Å². The molecule has 1 atom stereocenters. The molecule has 3 amide bonds. The summed E-state index contributed by atoms with van der Waals surface area (Å²) in [6, 6.07) is -1.09. The molecule has 0 aromatic carbocycles. The van der Waals surface area contributed by atoms with Crippen LogP contribution in [-0.2, 0) is 4.79 Å². The van der Waals surface area contributed by atoms with E-state index in [0.717, 1.165) is 0 Å². The van der Waals surface area contributed by atoms with Gasteiger partial charge in [-0.05, 0) is 27.2 Å². The molecule has 0 spiro atoms. The first-order valence-electron chi connectivity index (χ1n) is 5.32. The summed E-state index contributed by atoms with van der Waals surface area (Å²) in [7, 11) is 0. The van der Waals surface area contributed by atoms with Crippen LogP contribution in [0.1, 0.15) is 27.2 Å². The molecule has 1 fully saturated rings. The number of rotatable bonds is 3. The SMILES string of the molecule is CC(C)(O)CCN1C(=O)NC(C)(C(F)(F)F)C1=O. The summed E-state index contributed by atoms with van der Waals surface area (Å²) in [6.07, 6.45) is -4.86. The third-order valence-corrected chi connectivity index (χ3v) is 2.79. The smallest absolute Gasteiger partial charge is 0.390 e. The van der Waals surface area contributed by atoms with E-state index < -0.39 is 29.3 Å². The minimum Gasteiger partial charge on any atom is -0.390 e. The molecule has 1 heterocycles. The van der Waals surface area contributed by atoms with Crippen molar-refractivity contribution in [2.24, 2.45) is 0 Å². The lowest BCUT2D eigenvalue weighted by Gasteiger charge is -2.25. The average molecular weight is 268 g/mol. The first-order valence-corrected chi connectivity index (χ1v) is 5.32. The van der Waals surface area contributed by atoms with Crippen LogP contribution in [0.2, 0.25) is 0 Å². The van der Waals surface area contributed by atoms with Crippen LogP contribution in [0.15, 0.2) is 0 Å². The van der Waals surface area contributed by atoms with Gasteiger partial charge in [0, 0.05) is 6.54 Å². The Kier molecular flexibility index (Phi) is 3.37. The van der Waals surface area contributed by atoms with Crippen molar-refractivity contribution < 1.29 is 27.9 Å². The Morgan fingerprint density at radius 3 is 2.17 bits per heavy atom. The van der Waals surface area contributed by atoms with E-state index in [2.05, 4.69) is 0 Å². The van der Waals surface area contributed by atoms with E-state index in [1.165, 1.54) is 13.8 Å². The number of halogens is 3. The quantitative estimate of drug-likeness (QED) is 0.751. The van der Waals surface area contributed by atoms with Gasteiger partial charge >= 0.3 is 12.2 Å². The minimum absolute atomic E-state index is 0.0000964. The number of carbonyl (C=O) groups is 2. The van der Waals surface area contributed by atoms with Gasteiger partial charge in [0.25, 0.3) is 5.91 Å². The molecule has 1 aliphatic rings. The maximum absolute atomic E-state index is 12.7. The van der Waals surface area contributed by atoms with Gasteiger partial charge in [0.05, 0.1) is 5.60 Å². The lowest BCUT2D eigenvalue weighted by molar-refractivity contribution is -0.191. The number of alkyl halides is 3. The predicted molar refractivity (Wildman–Crippen MR) is 55.6 cm³/mol. The fourth-order valence-corrected chi connectivity index (χ4v) is 1.48. The molecule has 0 aromatic heterocycles. The van der Waals surface area contributed by atoms with Crippen molar-refractivity contribution in [3.8, 4) is 0 Å². The van der Waals surface area contributed by atoms with Gasteiger partial charge < -0.3 is 10.4 Å². The summed E-state index contributed by atoms with van der Waals surface area (Å²) in [5, 5.41) is 11.1. The standard InChI is InChI=1S/C10H15F3N2O3/c1-8(2,18)4-5-15-6(16)9(3,10(11,12)13)14-7(15)17/h18H,4-5H2,1-3H3,(H,14,17). The van der Waals surface area contributed by atoms with E-state index >= 15 is 0 Å². The number of aliphatic hydroxyl groups is 1. The molecule has 0 radical (unpaired) electrons. The number of amides is 3. The average Bonchev–Trinajstić information content (AvgIpc) is 2.34. The molecule has 18 heavy (non-hydrogen) atoms. The molecule has 0 saturated carbocycles. The summed E-state index contributed by atoms with van der Waals surface area (Å²) >= 11 is 0. The lowest BCUT2D eigenvalue weighted by atomic mass is 10.0. The second kappa shape index (κ2) is 4.11. The molecular weight excluding hydrogens is 253 g/mol. The van der Waals surface area contributed by atoms with Crippen LogP contribution in [0, 0.1) is 0 Å². The second-order valence-corrected chi connectivity index (χ2v) is 5.07. The largest absolute Gasteiger partial charge is 0.420 e. The first-order chi connectivity index (χ1) is 7.88. The third kappa shape index (κ3) is 2.58. The lowest BCUT2D eigenvalue weighted by Crippen LogP contribution is -2.56. The Bertz CT molecular complexity index is 376. The highest BCUT2D eigenvalue weighted by atomic mass is 19.4. The van der Waals surface area contributed by atoms with E-state index in [1.54, 1.807) is 5.32 Å². The Morgan fingerprint density at radius 2 is 1.83 bits per heavy atom. The molecule has 1 aliphatic heterocycles. The maximum atomic E-state index is 12.7. The van der Waals surface area contributed by atoms with Crippen LogP contribution in [0.5, 0.6) is 0 Å². The molecular formula is C10H15F3N2O3. The predicted octanol–water partition coefficient (Wildman–Crippen LogP) is 1.02. The highest BCUT2D eigenvalue weighted by molar-refractivity contribution is 6.07. The van der Waals surface area contributed by atoms with E-state index in [-0.39, 0.29) is 13.0 Å². The molecule has 0 aromatic rings. The zero-order chi connectivity index (χ0) is 14.4. The van der Waals surface area contributed by atoms with Crippen molar-refractivity contribution in [2.45, 2.75) is 44.5 Å². The van der Waals surface area contributed by atoms with Crippen LogP contribution < -0.4 is 5.32 Å². The first kappa shape index (κ1) is 14.7. The van der Waals surface area contributed by atoms with Crippen LogP contribution in [0.25, 0.3) is 0 Å². The van der Waals surface area contributed by atoms with Gasteiger partial charge in [-0.2, -0.15) is 13.2 Å². The Balaban J connectivity index is 2.86. The summed E-state index contributed by atoms with van der Waals surface area (Å²) in [6.45, 7) is 3.24. The molecule has 2 N–H and O–H groups in total. The molecule has 0 bridgehead atoms. The van der Waals surface area contributed by atoms with Gasteiger partial charge in [-0.3, -0.25) is 9.69 Å². The number of nitrogens with zero attached hydrogens (tertiary/aromatic N) is 1. The molecule has 1 saturated heterocycles. The summed E-state index contributed by atoms with van der Waals surface area (Å²) in [5.41, 5.74) is -4.05. The molecule has 104 valence electrons. The van der Waals surface area contributed by atoms with E-state index in [0.29, 0.717) is 11.8 Å². The van der Waals surface area contributed by atoms with E-state index in [9.17, 15) is 27.9 Å². The van der Waals surface area contributed by atoms with Crippen molar-refractivity contribution in [3.63, 3.8) is 0 Å². The Labute approximate surface area is 102 Å². The highest BCUT2D eigenvalue weighted by Gasteiger charge is 2.64. The van der Waals surface area contributed by atoms with Crippen molar-refractivity contribution in [1.82, 2.24) is 10.2 Å². The Morgan fingerprint density at radius 1 is 1.33 bits per heavy atom. The topological polar surface area (TPSA) is 69.6 Å². The number of imide groups is 1. The molecule has 8 heteroatoms. The van der Waals surface area contributed by atoms with Crippen molar-refractivity contribution in [3.05, 3.63) is 0 Å². The van der Waals surface area contributed by atoms with Gasteiger partial charge in [-0.15, -0.1) is 0 Å². The number of hydrogen-bond acceptors (Lipinski definition) is 3. The van der Waals surface area contributed by atoms with Gasteiger partial charge in [-0.1, -0.05) is 0 Å². The van der Waals surface area contributed by atoms with Gasteiger partial charge in [-0.25, -0.2) is 4.79 Å². The molecule has 5 nitrogen and oxygen atoms in total. The highest BCUT2D eigenvalue weighted by Crippen LogP contribution is 2.35. The zero-order valence-corrected chi connectivity index (χ0v) is 10.3. The number of carbonyl (C=O) groups excluding carboxylic acids is 2. The summed E-state index contributed by atoms with van der Waals surface area (Å²) in [4.78, 5) is 23.5. The Hall–Kier alpha value is -1.31. The maximum Gasteiger partial charge on any atom is 0.420 e. The summed E-state index contributed by atoms with van der Waals surface area (Å²) < 4.78 is 38.1. The van der Waals surface area contributed by atoms with Gasteiger partial charge in [0.1, 0.15) is 0 Å². The molecule has 0 aliphatic carbocycles. The summed E-state index contributed by atoms with van der Waals surface area (Å²) in [5.74, 6) is -1.34. The number of hydrogen-bond donors (Lipinski definition) is 2. The van der Waals surface area contributed by atoms with Crippen LogP contribution in [-0.4, -0.2) is 45.8 Å². The zero-order valence-electron chi connectivity index (χ0n) is 10.3. The van der Waals surface area contributed by atoms with E-state index in [1.807, 2.05) is 0 Å². The molecule has 1 unspecified atom stereocenters. The van der Waals surface area contributed by atoms with Crippen LogP contribution >= 0.6 is 0 Å². The van der Waals surface area contributed by atoms with Gasteiger partial charge in [0.2, 0.25) is 5.54 Å². The normalized spacial score (nSPS) is 25.6.